The molecular formula is C14H12ClNO2S. The molecule has 2 N–H and O–H groups in total. The summed E-state index contributed by atoms with van der Waals surface area (Å²) in [6, 6.07) is 12.4. The molecule has 0 heterocycles. The summed E-state index contributed by atoms with van der Waals surface area (Å²) < 4.78 is 10.9. The number of nitrogens with two attached hydrogens (primary N) is 1. The number of halogens is 1. The van der Waals surface area contributed by atoms with Crippen LogP contribution in [0.15, 0.2) is 42.5 Å². The molecule has 0 spiro atoms. The molecule has 0 bridgehead atoms. The Kier molecular flexibility index (Phi) is 4.24. The van der Waals surface area contributed by atoms with Crippen molar-refractivity contribution in [2.75, 3.05) is 7.11 Å². The van der Waals surface area contributed by atoms with Gasteiger partial charge in [0.05, 0.1) is 12.7 Å². The molecule has 5 heteroatoms. The van der Waals surface area contributed by atoms with E-state index in [-0.39, 0.29) is 4.99 Å². The van der Waals surface area contributed by atoms with Gasteiger partial charge in [-0.05, 0) is 24.3 Å². The predicted molar refractivity (Wildman–Crippen MR) is 80.4 cm³/mol. The fraction of sp³-hybridized carbons (Fsp3) is 0.0714. The number of rotatable bonds is 4. The van der Waals surface area contributed by atoms with E-state index in [1.54, 1.807) is 31.4 Å². The smallest absolute Gasteiger partial charge is 0.139 e. The Bertz CT molecular complexity index is 616. The molecule has 0 amide bonds. The van der Waals surface area contributed by atoms with Gasteiger partial charge in [-0.1, -0.05) is 29.9 Å². The van der Waals surface area contributed by atoms with E-state index in [1.807, 2.05) is 18.2 Å². The molecule has 2 rings (SSSR count). The van der Waals surface area contributed by atoms with Crippen LogP contribution in [0, 0.1) is 0 Å². The summed E-state index contributed by atoms with van der Waals surface area (Å²) in [5.74, 6) is 1.85. The summed E-state index contributed by atoms with van der Waals surface area (Å²) in [6.45, 7) is 0. The van der Waals surface area contributed by atoms with Gasteiger partial charge in [-0.2, -0.15) is 0 Å². The third-order valence-electron chi connectivity index (χ3n) is 2.48. The molecule has 0 aliphatic heterocycles. The minimum absolute atomic E-state index is 0.259. The topological polar surface area (TPSA) is 44.5 Å². The fourth-order valence-electron chi connectivity index (χ4n) is 1.58. The van der Waals surface area contributed by atoms with Crippen LogP contribution in [-0.4, -0.2) is 12.1 Å². The van der Waals surface area contributed by atoms with E-state index in [9.17, 15) is 0 Å². The van der Waals surface area contributed by atoms with Crippen LogP contribution in [0.2, 0.25) is 5.02 Å². The van der Waals surface area contributed by atoms with Gasteiger partial charge in [-0.25, -0.2) is 0 Å². The van der Waals surface area contributed by atoms with Gasteiger partial charge < -0.3 is 15.2 Å². The molecule has 0 atom stereocenters. The summed E-state index contributed by atoms with van der Waals surface area (Å²) in [5.41, 5.74) is 6.30. The summed E-state index contributed by atoms with van der Waals surface area (Å²) in [5, 5.41) is 0.554. The monoisotopic (exact) mass is 293 g/mol. The van der Waals surface area contributed by atoms with Gasteiger partial charge in [0.25, 0.3) is 0 Å². The molecule has 0 aromatic heterocycles. The average Bonchev–Trinajstić information content (AvgIpc) is 2.38. The summed E-state index contributed by atoms with van der Waals surface area (Å²) in [6.07, 6.45) is 0. The summed E-state index contributed by atoms with van der Waals surface area (Å²) in [4.78, 5) is 0.259. The van der Waals surface area contributed by atoms with E-state index in [0.29, 0.717) is 27.8 Å². The van der Waals surface area contributed by atoms with Crippen LogP contribution in [0.1, 0.15) is 5.56 Å². The standard InChI is InChI=1S/C14H12ClNO2S/c1-17-10-3-2-4-11(8-10)18-13-7-9(15)5-6-12(13)14(16)19/h2-8H,1H3,(H2,16,19). The second-order valence-corrected chi connectivity index (χ2v) is 4.66. The number of ether oxygens (including phenoxy) is 2. The number of methoxy groups -OCH3 is 1. The van der Waals surface area contributed by atoms with Crippen LogP contribution < -0.4 is 15.2 Å². The largest absolute Gasteiger partial charge is 0.497 e. The molecule has 0 aliphatic rings. The number of thiocarbonyl (C=S) groups is 1. The number of benzene rings is 2. The zero-order chi connectivity index (χ0) is 13.8. The lowest BCUT2D eigenvalue weighted by molar-refractivity contribution is 0.409. The predicted octanol–water partition coefficient (Wildman–Crippen LogP) is 3.78. The molecule has 98 valence electrons. The Labute approximate surface area is 121 Å². The van der Waals surface area contributed by atoms with Crippen molar-refractivity contribution >= 4 is 28.8 Å². The van der Waals surface area contributed by atoms with Gasteiger partial charge in [-0.3, -0.25) is 0 Å². The first-order valence-electron chi connectivity index (χ1n) is 5.51. The van der Waals surface area contributed by atoms with Crippen molar-refractivity contribution in [3.05, 3.63) is 53.1 Å². The highest BCUT2D eigenvalue weighted by Gasteiger charge is 2.09. The Morgan fingerprint density at radius 2 is 1.89 bits per heavy atom. The first kappa shape index (κ1) is 13.6. The molecular weight excluding hydrogens is 282 g/mol. The maximum Gasteiger partial charge on any atom is 0.139 e. The Hall–Kier alpha value is -1.78. The van der Waals surface area contributed by atoms with Crippen molar-refractivity contribution < 1.29 is 9.47 Å². The van der Waals surface area contributed by atoms with E-state index in [2.05, 4.69) is 0 Å². The van der Waals surface area contributed by atoms with Crippen LogP contribution in [0.4, 0.5) is 0 Å². The first-order valence-corrected chi connectivity index (χ1v) is 6.30. The number of hydrogen-bond donors (Lipinski definition) is 1. The molecule has 2 aromatic rings. The maximum absolute atomic E-state index is 5.96. The molecule has 0 fully saturated rings. The van der Waals surface area contributed by atoms with Gasteiger partial charge in [0.1, 0.15) is 22.2 Å². The molecule has 3 nitrogen and oxygen atoms in total. The summed E-state index contributed by atoms with van der Waals surface area (Å²) in [7, 11) is 1.60. The van der Waals surface area contributed by atoms with Crippen molar-refractivity contribution in [2.24, 2.45) is 5.73 Å². The Morgan fingerprint density at radius 1 is 1.16 bits per heavy atom. The van der Waals surface area contributed by atoms with E-state index in [0.717, 1.165) is 0 Å². The van der Waals surface area contributed by atoms with E-state index < -0.39 is 0 Å². The van der Waals surface area contributed by atoms with Gasteiger partial charge in [0.2, 0.25) is 0 Å². The van der Waals surface area contributed by atoms with Gasteiger partial charge >= 0.3 is 0 Å². The fourth-order valence-corrected chi connectivity index (χ4v) is 1.91. The molecule has 2 aromatic carbocycles. The third-order valence-corrected chi connectivity index (χ3v) is 2.93. The highest BCUT2D eigenvalue weighted by atomic mass is 35.5. The van der Waals surface area contributed by atoms with Crippen molar-refractivity contribution in [2.45, 2.75) is 0 Å². The van der Waals surface area contributed by atoms with Gasteiger partial charge in [0, 0.05) is 17.2 Å². The van der Waals surface area contributed by atoms with Crippen LogP contribution in [0.3, 0.4) is 0 Å². The van der Waals surface area contributed by atoms with Gasteiger partial charge in [0.15, 0.2) is 0 Å². The van der Waals surface area contributed by atoms with Crippen LogP contribution in [0.5, 0.6) is 17.2 Å². The molecule has 0 radical (unpaired) electrons. The zero-order valence-corrected chi connectivity index (χ0v) is 11.8. The first-order chi connectivity index (χ1) is 9.10. The molecule has 19 heavy (non-hydrogen) atoms. The molecule has 0 saturated heterocycles. The average molecular weight is 294 g/mol. The minimum atomic E-state index is 0.259. The quantitative estimate of drug-likeness (QED) is 0.872. The minimum Gasteiger partial charge on any atom is -0.497 e. The van der Waals surface area contributed by atoms with Crippen LogP contribution in [0.25, 0.3) is 0 Å². The van der Waals surface area contributed by atoms with Crippen LogP contribution in [-0.2, 0) is 0 Å². The zero-order valence-electron chi connectivity index (χ0n) is 10.2. The maximum atomic E-state index is 5.96. The van der Waals surface area contributed by atoms with Gasteiger partial charge in [-0.15, -0.1) is 0 Å². The summed E-state index contributed by atoms with van der Waals surface area (Å²) >= 11 is 10.9. The number of hydrogen-bond acceptors (Lipinski definition) is 3. The molecule has 0 aliphatic carbocycles. The van der Waals surface area contributed by atoms with Crippen molar-refractivity contribution in [1.82, 2.24) is 0 Å². The van der Waals surface area contributed by atoms with E-state index >= 15 is 0 Å². The molecule has 0 saturated carbocycles. The third kappa shape index (κ3) is 3.36. The highest BCUT2D eigenvalue weighted by molar-refractivity contribution is 7.80. The lowest BCUT2D eigenvalue weighted by Crippen LogP contribution is -2.10. The highest BCUT2D eigenvalue weighted by Crippen LogP contribution is 2.30. The van der Waals surface area contributed by atoms with Crippen molar-refractivity contribution in [3.63, 3.8) is 0 Å². The lowest BCUT2D eigenvalue weighted by Gasteiger charge is -2.11. The second-order valence-electron chi connectivity index (χ2n) is 3.79. The van der Waals surface area contributed by atoms with Crippen molar-refractivity contribution in [3.8, 4) is 17.2 Å². The molecule has 0 unspecified atom stereocenters. The van der Waals surface area contributed by atoms with Crippen LogP contribution >= 0.6 is 23.8 Å². The van der Waals surface area contributed by atoms with E-state index in [1.165, 1.54) is 0 Å². The van der Waals surface area contributed by atoms with E-state index in [4.69, 9.17) is 39.0 Å². The normalized spacial score (nSPS) is 10.0. The SMILES string of the molecule is COc1cccc(Oc2cc(Cl)ccc2C(N)=S)c1. The van der Waals surface area contributed by atoms with Crippen molar-refractivity contribution in [1.29, 1.82) is 0 Å². The Balaban J connectivity index is 2.36. The lowest BCUT2D eigenvalue weighted by atomic mass is 10.2. The Morgan fingerprint density at radius 3 is 2.58 bits per heavy atom. The second kappa shape index (κ2) is 5.91.